The number of thioether (sulfide) groups is 1. The Labute approximate surface area is 204 Å². The number of halogens is 3. The molecule has 0 radical (unpaired) electrons. The van der Waals surface area contributed by atoms with Gasteiger partial charge in [0.1, 0.15) is 0 Å². The number of rotatable bonds is 3. The number of benzene rings is 3. The van der Waals surface area contributed by atoms with Gasteiger partial charge in [-0.05, 0) is 48.9 Å². The van der Waals surface area contributed by atoms with E-state index in [9.17, 15) is 18.4 Å². The first-order chi connectivity index (χ1) is 16.3. The summed E-state index contributed by atoms with van der Waals surface area (Å²) < 4.78 is 27.3. The van der Waals surface area contributed by atoms with Crippen LogP contribution in [-0.4, -0.2) is 29.1 Å². The van der Waals surface area contributed by atoms with Crippen LogP contribution < -0.4 is 10.2 Å². The van der Waals surface area contributed by atoms with E-state index in [1.807, 2.05) is 25.1 Å². The second-order valence-electron chi connectivity index (χ2n) is 8.24. The van der Waals surface area contributed by atoms with Crippen molar-refractivity contribution >= 4 is 46.7 Å². The fourth-order valence-electron chi connectivity index (χ4n) is 4.46. The van der Waals surface area contributed by atoms with Gasteiger partial charge in [0.25, 0.3) is 5.91 Å². The fourth-order valence-corrected chi connectivity index (χ4v) is 6.11. The molecule has 2 aliphatic heterocycles. The molecule has 5 rings (SSSR count). The molecule has 9 heteroatoms. The Morgan fingerprint density at radius 3 is 2.71 bits per heavy atom. The van der Waals surface area contributed by atoms with Crippen LogP contribution in [0.25, 0.3) is 0 Å². The van der Waals surface area contributed by atoms with Crippen molar-refractivity contribution in [2.24, 2.45) is 0 Å². The average Bonchev–Trinajstić information content (AvgIpc) is 3.34. The van der Waals surface area contributed by atoms with E-state index >= 15 is 0 Å². The highest BCUT2D eigenvalue weighted by Gasteiger charge is 2.59. The van der Waals surface area contributed by atoms with Gasteiger partial charge in [0.2, 0.25) is 0 Å². The van der Waals surface area contributed by atoms with E-state index in [-0.39, 0.29) is 12.5 Å². The monoisotopic (exact) mass is 499 g/mol. The summed E-state index contributed by atoms with van der Waals surface area (Å²) in [5.41, 5.74) is 3.29. The Morgan fingerprint density at radius 2 is 1.94 bits per heavy atom. The zero-order valence-corrected chi connectivity index (χ0v) is 19.7. The van der Waals surface area contributed by atoms with Crippen LogP contribution >= 0.6 is 23.4 Å². The lowest BCUT2D eigenvalue weighted by atomic mass is 10.0. The largest absolute Gasteiger partial charge is 0.323 e. The first kappa shape index (κ1) is 22.7. The molecule has 1 spiro atoms. The molecule has 1 saturated heterocycles. The number of amides is 3. The topological polar surface area (TPSA) is 52.7 Å². The molecular weight excluding hydrogens is 480 g/mol. The van der Waals surface area contributed by atoms with Crippen LogP contribution in [0.1, 0.15) is 16.7 Å². The predicted octanol–water partition coefficient (Wildman–Crippen LogP) is 5.91. The lowest BCUT2D eigenvalue weighted by molar-refractivity contribution is -0.123. The van der Waals surface area contributed by atoms with E-state index in [2.05, 4.69) is 5.32 Å². The minimum absolute atomic E-state index is 0.0537. The Kier molecular flexibility index (Phi) is 5.73. The van der Waals surface area contributed by atoms with Gasteiger partial charge in [-0.2, -0.15) is 0 Å². The van der Waals surface area contributed by atoms with Gasteiger partial charge in [0, 0.05) is 28.6 Å². The fraction of sp³-hybridized carbons (Fsp3) is 0.200. The maximum Gasteiger partial charge on any atom is 0.323 e. The van der Waals surface area contributed by atoms with E-state index in [1.54, 1.807) is 34.1 Å². The van der Waals surface area contributed by atoms with Gasteiger partial charge in [-0.3, -0.25) is 9.69 Å². The van der Waals surface area contributed by atoms with E-state index in [1.165, 1.54) is 17.8 Å². The molecule has 2 heterocycles. The summed E-state index contributed by atoms with van der Waals surface area (Å²) in [5, 5.41) is 3.33. The van der Waals surface area contributed by atoms with E-state index in [0.717, 1.165) is 17.7 Å². The minimum Gasteiger partial charge on any atom is -0.308 e. The quantitative estimate of drug-likeness (QED) is 0.487. The Balaban J connectivity index is 1.53. The summed E-state index contributed by atoms with van der Waals surface area (Å²) in [5.74, 6) is -1.64. The van der Waals surface area contributed by atoms with Crippen LogP contribution in [-0.2, 0) is 16.2 Å². The van der Waals surface area contributed by atoms with Gasteiger partial charge in [-0.25, -0.2) is 13.6 Å². The number of fused-ring (bicyclic) bond motifs is 2. The molecule has 3 amide bonds. The second kappa shape index (κ2) is 8.60. The standard InChI is InChI=1S/C25H20ClF2N3O2S/c1-15-5-8-22-19(11-15)25(23(32)30(22)14-16-6-7-20(27)21(28)12-16)31(9-10-34-25)24(33)29-18-4-2-3-17(26)13-18/h2-8,11-13H,9-10,14H2,1H3,(H,29,33)/t25-/m0/s1. The van der Waals surface area contributed by atoms with Crippen LogP contribution in [0, 0.1) is 18.6 Å². The molecule has 2 aliphatic rings. The maximum atomic E-state index is 14.0. The molecule has 3 aromatic carbocycles. The number of nitrogens with one attached hydrogen (secondary N) is 1. The molecule has 0 unspecified atom stereocenters. The molecule has 174 valence electrons. The number of nitrogens with zero attached hydrogens (tertiary/aromatic N) is 2. The molecule has 0 saturated carbocycles. The first-order valence-electron chi connectivity index (χ1n) is 10.6. The highest BCUT2D eigenvalue weighted by molar-refractivity contribution is 8.01. The molecule has 5 nitrogen and oxygen atoms in total. The number of aryl methyl sites for hydroxylation is 1. The van der Waals surface area contributed by atoms with E-state index in [4.69, 9.17) is 11.6 Å². The van der Waals surface area contributed by atoms with E-state index in [0.29, 0.717) is 39.8 Å². The lowest BCUT2D eigenvalue weighted by Gasteiger charge is -2.33. The van der Waals surface area contributed by atoms with Gasteiger partial charge in [-0.15, -0.1) is 11.8 Å². The Hall–Kier alpha value is -3.10. The van der Waals surface area contributed by atoms with Crippen LogP contribution in [0.2, 0.25) is 5.02 Å². The summed E-state index contributed by atoms with van der Waals surface area (Å²) >= 11 is 7.45. The Morgan fingerprint density at radius 1 is 1.12 bits per heavy atom. The Bertz CT molecular complexity index is 1320. The summed E-state index contributed by atoms with van der Waals surface area (Å²) in [7, 11) is 0. The number of carbonyl (C=O) groups is 2. The SMILES string of the molecule is Cc1ccc2c(c1)[C@]1(SCCN1C(=O)Nc1cccc(Cl)c1)C(=O)N2Cc1ccc(F)c(F)c1. The van der Waals surface area contributed by atoms with Gasteiger partial charge in [-0.1, -0.05) is 41.4 Å². The van der Waals surface area contributed by atoms with Gasteiger partial charge in [0.15, 0.2) is 16.5 Å². The van der Waals surface area contributed by atoms with Crippen molar-refractivity contribution in [1.82, 2.24) is 4.90 Å². The number of carbonyl (C=O) groups excluding carboxylic acids is 2. The molecule has 1 N–H and O–H groups in total. The van der Waals surface area contributed by atoms with E-state index < -0.39 is 22.5 Å². The van der Waals surface area contributed by atoms with Crippen molar-refractivity contribution in [2.75, 3.05) is 22.5 Å². The molecule has 0 bridgehead atoms. The minimum atomic E-state index is -1.25. The second-order valence-corrected chi connectivity index (χ2v) is 9.97. The van der Waals surface area contributed by atoms with Crippen molar-refractivity contribution in [1.29, 1.82) is 0 Å². The van der Waals surface area contributed by atoms with Crippen molar-refractivity contribution in [2.45, 2.75) is 18.3 Å². The number of anilines is 2. The predicted molar refractivity (Wildman–Crippen MR) is 130 cm³/mol. The summed E-state index contributed by atoms with van der Waals surface area (Å²) in [4.78, 5) is 29.2. The third kappa shape index (κ3) is 3.71. The summed E-state index contributed by atoms with van der Waals surface area (Å²) in [6, 6.07) is 15.6. The molecule has 1 fully saturated rings. The number of hydrogen-bond acceptors (Lipinski definition) is 3. The first-order valence-corrected chi connectivity index (χ1v) is 12.0. The summed E-state index contributed by atoms with van der Waals surface area (Å²) in [6.07, 6.45) is 0. The molecule has 0 aliphatic carbocycles. The number of urea groups is 1. The highest BCUT2D eigenvalue weighted by Crippen LogP contribution is 2.54. The van der Waals surface area contributed by atoms with Crippen LogP contribution in [0.15, 0.2) is 60.7 Å². The zero-order chi connectivity index (χ0) is 24.0. The van der Waals surface area contributed by atoms with Crippen molar-refractivity contribution < 1.29 is 18.4 Å². The third-order valence-corrected chi connectivity index (χ3v) is 7.65. The molecule has 34 heavy (non-hydrogen) atoms. The number of hydrogen-bond donors (Lipinski definition) is 1. The lowest BCUT2D eigenvalue weighted by Crippen LogP contribution is -2.51. The van der Waals surface area contributed by atoms with Crippen LogP contribution in [0.4, 0.5) is 25.0 Å². The average molecular weight is 500 g/mol. The van der Waals surface area contributed by atoms with Gasteiger partial charge >= 0.3 is 6.03 Å². The normalized spacial score (nSPS) is 19.1. The van der Waals surface area contributed by atoms with Crippen LogP contribution in [0.5, 0.6) is 0 Å². The molecule has 1 atom stereocenters. The molecule has 0 aromatic heterocycles. The zero-order valence-electron chi connectivity index (χ0n) is 18.1. The van der Waals surface area contributed by atoms with Crippen molar-refractivity contribution in [3.63, 3.8) is 0 Å². The molecule has 3 aromatic rings. The van der Waals surface area contributed by atoms with Gasteiger partial charge < -0.3 is 10.2 Å². The maximum absolute atomic E-state index is 14.0. The smallest absolute Gasteiger partial charge is 0.308 e. The van der Waals surface area contributed by atoms with Crippen molar-refractivity contribution in [3.05, 3.63) is 94.0 Å². The third-order valence-electron chi connectivity index (χ3n) is 5.99. The summed E-state index contributed by atoms with van der Waals surface area (Å²) in [6.45, 7) is 2.35. The highest BCUT2D eigenvalue weighted by atomic mass is 35.5. The van der Waals surface area contributed by atoms with Crippen molar-refractivity contribution in [3.8, 4) is 0 Å². The molecular formula is C25H20ClF2N3O2S. The van der Waals surface area contributed by atoms with Crippen LogP contribution in [0.3, 0.4) is 0 Å². The van der Waals surface area contributed by atoms with Gasteiger partial charge in [0.05, 0.1) is 12.2 Å².